The first-order valence-electron chi connectivity index (χ1n) is 9.04. The number of hydrogen-bond donors (Lipinski definition) is 0. The van der Waals surface area contributed by atoms with Crippen LogP contribution in [0.15, 0.2) is 59.6 Å². The highest BCUT2D eigenvalue weighted by Gasteiger charge is 2.07. The fourth-order valence-electron chi connectivity index (χ4n) is 2.76. The van der Waals surface area contributed by atoms with E-state index in [0.717, 1.165) is 32.9 Å². The summed E-state index contributed by atoms with van der Waals surface area (Å²) in [4.78, 5) is 17.5. The van der Waals surface area contributed by atoms with Gasteiger partial charge >= 0.3 is 0 Å². The summed E-state index contributed by atoms with van der Waals surface area (Å²) in [6.45, 7) is 1.29. The molecule has 1 aromatic heterocycles. The van der Waals surface area contributed by atoms with Crippen molar-refractivity contribution in [2.75, 3.05) is 19.5 Å². The average Bonchev–Trinajstić information content (AvgIpc) is 3.03. The van der Waals surface area contributed by atoms with Crippen molar-refractivity contribution in [1.82, 2.24) is 4.57 Å². The zero-order valence-electron chi connectivity index (χ0n) is 15.5. The van der Waals surface area contributed by atoms with Gasteiger partial charge in [-0.25, -0.2) is 0 Å². The van der Waals surface area contributed by atoms with Gasteiger partial charge in [0.1, 0.15) is 0 Å². The van der Waals surface area contributed by atoms with E-state index in [4.69, 9.17) is 4.74 Å². The van der Waals surface area contributed by atoms with Crippen LogP contribution in [0.25, 0.3) is 10.2 Å². The van der Waals surface area contributed by atoms with Crippen LogP contribution >= 0.6 is 23.1 Å². The van der Waals surface area contributed by atoms with E-state index in [9.17, 15) is 4.79 Å². The van der Waals surface area contributed by atoms with Crippen molar-refractivity contribution in [1.29, 1.82) is 0 Å². The molecule has 4 nitrogen and oxygen atoms in total. The van der Waals surface area contributed by atoms with Crippen LogP contribution in [0, 0.1) is 0 Å². The second kappa shape index (κ2) is 10.4. The van der Waals surface area contributed by atoms with Crippen molar-refractivity contribution in [3.63, 3.8) is 0 Å². The van der Waals surface area contributed by atoms with Crippen LogP contribution in [0.3, 0.4) is 0 Å². The number of ether oxygens (including phenoxy) is 1. The third kappa shape index (κ3) is 5.79. The van der Waals surface area contributed by atoms with Gasteiger partial charge in [0.25, 0.3) is 0 Å². The van der Waals surface area contributed by atoms with Gasteiger partial charge in [0.2, 0.25) is 5.91 Å². The average molecular weight is 401 g/mol. The maximum Gasteiger partial charge on any atom is 0.248 e. The van der Waals surface area contributed by atoms with E-state index in [0.29, 0.717) is 19.6 Å². The summed E-state index contributed by atoms with van der Waals surface area (Å²) in [5.41, 5.74) is 2.42. The highest BCUT2D eigenvalue weighted by molar-refractivity contribution is 7.98. The molecule has 6 heteroatoms. The molecule has 0 fully saturated rings. The summed E-state index contributed by atoms with van der Waals surface area (Å²) in [6.07, 6.45) is 1.34. The summed E-state index contributed by atoms with van der Waals surface area (Å²) in [7, 11) is 1.68. The summed E-state index contributed by atoms with van der Waals surface area (Å²) in [5, 5.41) is 0. The minimum Gasteiger partial charge on any atom is -0.383 e. The van der Waals surface area contributed by atoms with Crippen LogP contribution in [0.1, 0.15) is 18.4 Å². The Kier molecular flexibility index (Phi) is 7.68. The second-order valence-electron chi connectivity index (χ2n) is 6.14. The van der Waals surface area contributed by atoms with Gasteiger partial charge < -0.3 is 9.30 Å². The lowest BCUT2D eigenvalue weighted by atomic mass is 10.2. The highest BCUT2D eigenvalue weighted by atomic mass is 32.2. The van der Waals surface area contributed by atoms with Crippen LogP contribution in [-0.2, 0) is 21.8 Å². The number of carbonyl (C=O) groups is 1. The Hall–Kier alpha value is -1.89. The van der Waals surface area contributed by atoms with Crippen LogP contribution in [0.4, 0.5) is 0 Å². The van der Waals surface area contributed by atoms with Gasteiger partial charge in [0.15, 0.2) is 4.80 Å². The third-order valence-corrected chi connectivity index (χ3v) is 6.29. The van der Waals surface area contributed by atoms with Crippen LogP contribution < -0.4 is 4.80 Å². The first-order valence-corrected chi connectivity index (χ1v) is 11.0. The molecule has 0 N–H and O–H groups in total. The molecule has 0 bridgehead atoms. The predicted octanol–water partition coefficient (Wildman–Crippen LogP) is 4.49. The van der Waals surface area contributed by atoms with Gasteiger partial charge in [0.05, 0.1) is 16.8 Å². The number of benzene rings is 2. The second-order valence-corrected chi connectivity index (χ2v) is 8.26. The van der Waals surface area contributed by atoms with Crippen LogP contribution in [0.2, 0.25) is 0 Å². The number of nitrogens with zero attached hydrogens (tertiary/aromatic N) is 2. The lowest BCUT2D eigenvalue weighted by Crippen LogP contribution is -2.19. The molecule has 0 saturated heterocycles. The zero-order valence-corrected chi connectivity index (χ0v) is 17.1. The lowest BCUT2D eigenvalue weighted by molar-refractivity contribution is -0.118. The number of thioether (sulfide) groups is 1. The lowest BCUT2D eigenvalue weighted by Gasteiger charge is -2.04. The molecule has 0 spiro atoms. The molecular weight excluding hydrogens is 376 g/mol. The normalized spacial score (nSPS) is 12.0. The van der Waals surface area contributed by atoms with E-state index in [1.165, 1.54) is 5.56 Å². The molecule has 0 aliphatic heterocycles. The number of carbonyl (C=O) groups excluding carboxylic acids is 1. The third-order valence-electron chi connectivity index (χ3n) is 4.12. The minimum atomic E-state index is -0.0481. The molecule has 142 valence electrons. The number of hydrogen-bond acceptors (Lipinski definition) is 4. The molecule has 27 heavy (non-hydrogen) atoms. The van der Waals surface area contributed by atoms with E-state index in [-0.39, 0.29) is 5.91 Å². The number of thiazole rings is 1. The topological polar surface area (TPSA) is 43.6 Å². The number of fused-ring (bicyclic) bond motifs is 1. The zero-order chi connectivity index (χ0) is 18.9. The summed E-state index contributed by atoms with van der Waals surface area (Å²) in [6, 6.07) is 18.5. The Morgan fingerprint density at radius 3 is 2.74 bits per heavy atom. The number of amides is 1. The molecule has 0 radical (unpaired) electrons. The van der Waals surface area contributed by atoms with Crippen molar-refractivity contribution < 1.29 is 9.53 Å². The van der Waals surface area contributed by atoms with Gasteiger partial charge in [-0.2, -0.15) is 16.8 Å². The molecule has 0 saturated carbocycles. The van der Waals surface area contributed by atoms with Crippen LogP contribution in [-0.4, -0.2) is 29.9 Å². The van der Waals surface area contributed by atoms with Crippen molar-refractivity contribution in [2.24, 2.45) is 4.99 Å². The molecule has 2 aromatic carbocycles. The number of methoxy groups -OCH3 is 1. The molecule has 0 unspecified atom stereocenters. The molecule has 1 amide bonds. The van der Waals surface area contributed by atoms with E-state index >= 15 is 0 Å². The van der Waals surface area contributed by atoms with E-state index in [1.54, 1.807) is 18.4 Å². The van der Waals surface area contributed by atoms with Gasteiger partial charge in [-0.1, -0.05) is 53.8 Å². The number of rotatable bonds is 9. The first kappa shape index (κ1) is 19.9. The minimum absolute atomic E-state index is 0.0481. The Morgan fingerprint density at radius 2 is 1.93 bits per heavy atom. The Bertz CT molecular complexity index is 932. The quantitative estimate of drug-likeness (QED) is 0.497. The van der Waals surface area contributed by atoms with Crippen LogP contribution in [0.5, 0.6) is 0 Å². The van der Waals surface area contributed by atoms with Gasteiger partial charge in [0, 0.05) is 25.8 Å². The van der Waals surface area contributed by atoms with E-state index in [1.807, 2.05) is 30.0 Å². The smallest absolute Gasteiger partial charge is 0.248 e. The molecule has 3 aromatic rings. The Balaban J connectivity index is 1.58. The van der Waals surface area contributed by atoms with E-state index < -0.39 is 0 Å². The van der Waals surface area contributed by atoms with Gasteiger partial charge in [-0.05, 0) is 29.9 Å². The highest BCUT2D eigenvalue weighted by Crippen LogP contribution is 2.17. The Morgan fingerprint density at radius 1 is 1.15 bits per heavy atom. The summed E-state index contributed by atoms with van der Waals surface area (Å²) >= 11 is 3.42. The standard InChI is InChI=1S/C21H24N2O2S2/c1-25-14-13-23-18-10-5-6-11-19(18)27-21(23)22-20(24)12-7-15-26-16-17-8-3-2-4-9-17/h2-6,8-11H,7,12-16H2,1H3. The fraction of sp³-hybridized carbons (Fsp3) is 0.333. The van der Waals surface area contributed by atoms with Crippen molar-refractivity contribution >= 4 is 39.2 Å². The predicted molar refractivity (Wildman–Crippen MR) is 114 cm³/mol. The van der Waals surface area contributed by atoms with Gasteiger partial charge in [-0.3, -0.25) is 4.79 Å². The monoisotopic (exact) mass is 400 g/mol. The van der Waals surface area contributed by atoms with Gasteiger partial charge in [-0.15, -0.1) is 0 Å². The van der Waals surface area contributed by atoms with Crippen molar-refractivity contribution in [3.05, 3.63) is 65.0 Å². The SMILES string of the molecule is COCCn1c(=NC(=O)CCCSCc2ccccc2)sc2ccccc21. The molecule has 0 aliphatic carbocycles. The first-order chi connectivity index (χ1) is 13.3. The molecular formula is C21H24N2O2S2. The molecule has 3 rings (SSSR count). The molecule has 1 heterocycles. The fourth-order valence-corrected chi connectivity index (χ4v) is 4.75. The number of aromatic nitrogens is 1. The van der Waals surface area contributed by atoms with Crippen molar-refractivity contribution in [2.45, 2.75) is 25.1 Å². The Labute approximate surface area is 167 Å². The van der Waals surface area contributed by atoms with Crippen molar-refractivity contribution in [3.8, 4) is 0 Å². The molecule has 0 atom stereocenters. The largest absolute Gasteiger partial charge is 0.383 e. The number of para-hydroxylation sites is 1. The molecule has 0 aliphatic rings. The van der Waals surface area contributed by atoms with E-state index in [2.05, 4.69) is 46.0 Å². The maximum atomic E-state index is 12.3. The summed E-state index contributed by atoms with van der Waals surface area (Å²) < 4.78 is 8.42. The summed E-state index contributed by atoms with van der Waals surface area (Å²) in [5.74, 6) is 1.90. The maximum absolute atomic E-state index is 12.3.